The van der Waals surface area contributed by atoms with E-state index in [1.54, 1.807) is 0 Å². The Labute approximate surface area is 175 Å². The molecule has 2 unspecified atom stereocenters. The average Bonchev–Trinajstić information content (AvgIpc) is 2.74. The normalized spacial score (nSPS) is 16.3. The topological polar surface area (TPSA) is 139 Å². The molecule has 0 fully saturated rings. The number of nitrogens with two attached hydrogens (primary N) is 1. The second-order valence-electron chi connectivity index (χ2n) is 7.13. The number of rotatable bonds is 11. The van der Waals surface area contributed by atoms with E-state index in [9.17, 15) is 19.2 Å². The maximum atomic E-state index is 12.3. The Morgan fingerprint density at radius 2 is 1.87 bits per heavy atom. The van der Waals surface area contributed by atoms with Crippen LogP contribution in [0.5, 0.6) is 0 Å². The van der Waals surface area contributed by atoms with Crippen LogP contribution in [-0.2, 0) is 19.2 Å². The minimum absolute atomic E-state index is 0.0764. The molecule has 1 aliphatic carbocycles. The highest BCUT2D eigenvalue weighted by molar-refractivity contribution is 5.90. The number of amides is 3. The van der Waals surface area contributed by atoms with Crippen molar-refractivity contribution in [1.29, 1.82) is 0 Å². The lowest BCUT2D eigenvalue weighted by Gasteiger charge is -2.18. The summed E-state index contributed by atoms with van der Waals surface area (Å²) >= 11 is 0. The summed E-state index contributed by atoms with van der Waals surface area (Å²) in [6.45, 7) is -0.376. The first-order chi connectivity index (χ1) is 14.3. The van der Waals surface area contributed by atoms with E-state index in [0.29, 0.717) is 12.3 Å². The fraction of sp³-hybridized carbons (Fsp3) is 0.364. The predicted octanol–water partition coefficient (Wildman–Crippen LogP) is 1.39. The lowest BCUT2D eigenvalue weighted by Crippen LogP contribution is -2.48. The molecular formula is C22H27N3O5. The van der Waals surface area contributed by atoms with Crippen molar-refractivity contribution in [1.82, 2.24) is 10.6 Å². The summed E-state index contributed by atoms with van der Waals surface area (Å²) in [6.07, 6.45) is 7.40. The molecule has 0 saturated heterocycles. The van der Waals surface area contributed by atoms with Gasteiger partial charge in [-0.15, -0.1) is 0 Å². The van der Waals surface area contributed by atoms with E-state index >= 15 is 0 Å². The monoisotopic (exact) mass is 413 g/mol. The van der Waals surface area contributed by atoms with Crippen LogP contribution in [0, 0.1) is 0 Å². The molecule has 0 aliphatic heterocycles. The highest BCUT2D eigenvalue weighted by atomic mass is 16.4. The van der Waals surface area contributed by atoms with Gasteiger partial charge in [0.25, 0.3) is 0 Å². The molecule has 0 bridgehead atoms. The number of hydrogen-bond donors (Lipinski definition) is 4. The summed E-state index contributed by atoms with van der Waals surface area (Å²) in [5, 5.41) is 13.7. The van der Waals surface area contributed by atoms with E-state index in [4.69, 9.17) is 10.8 Å². The van der Waals surface area contributed by atoms with Gasteiger partial charge in [0.1, 0.15) is 6.04 Å². The third-order valence-electron chi connectivity index (χ3n) is 4.78. The summed E-state index contributed by atoms with van der Waals surface area (Å²) < 4.78 is 0. The summed E-state index contributed by atoms with van der Waals surface area (Å²) in [5.74, 6) is -2.48. The van der Waals surface area contributed by atoms with Crippen molar-refractivity contribution in [2.45, 2.75) is 44.1 Å². The first-order valence-electron chi connectivity index (χ1n) is 9.84. The summed E-state index contributed by atoms with van der Waals surface area (Å²) in [5.41, 5.74) is 7.27. The number of hydrogen-bond acceptors (Lipinski definition) is 4. The molecule has 5 N–H and O–H groups in total. The van der Waals surface area contributed by atoms with Crippen molar-refractivity contribution in [2.24, 2.45) is 5.73 Å². The van der Waals surface area contributed by atoms with Crippen molar-refractivity contribution in [2.75, 3.05) is 6.54 Å². The number of primary amides is 1. The van der Waals surface area contributed by atoms with Crippen LogP contribution in [0.4, 0.5) is 0 Å². The van der Waals surface area contributed by atoms with Gasteiger partial charge in [-0.2, -0.15) is 0 Å². The van der Waals surface area contributed by atoms with Gasteiger partial charge >= 0.3 is 5.97 Å². The second-order valence-corrected chi connectivity index (χ2v) is 7.13. The van der Waals surface area contributed by atoms with E-state index in [1.165, 1.54) is 5.56 Å². The van der Waals surface area contributed by atoms with Gasteiger partial charge in [-0.3, -0.25) is 19.2 Å². The first-order valence-corrected chi connectivity index (χ1v) is 9.84. The number of carbonyl (C=O) groups excluding carboxylic acids is 3. The van der Waals surface area contributed by atoms with Gasteiger partial charge in [0.15, 0.2) is 0 Å². The standard InChI is InChI=1S/C22H27N3O5/c23-19(26)14-24-22(30)18(11-13-21(28)29)25-20(27)12-8-15-6-9-17(10-7-15)16-4-2-1-3-5-16/h1-7,9,17-18H,8,10-14H2,(H2,23,26)(H,24,30)(H,25,27)(H,28,29). The summed E-state index contributed by atoms with van der Waals surface area (Å²) in [4.78, 5) is 46.0. The molecule has 1 aromatic carbocycles. The van der Waals surface area contributed by atoms with Gasteiger partial charge in [0.2, 0.25) is 17.7 Å². The number of carboxylic acids is 1. The minimum atomic E-state index is -1.08. The highest BCUT2D eigenvalue weighted by Gasteiger charge is 2.22. The van der Waals surface area contributed by atoms with Gasteiger partial charge in [0.05, 0.1) is 6.54 Å². The zero-order chi connectivity index (χ0) is 21.9. The highest BCUT2D eigenvalue weighted by Crippen LogP contribution is 2.27. The van der Waals surface area contributed by atoms with Crippen LogP contribution in [-0.4, -0.2) is 41.4 Å². The van der Waals surface area contributed by atoms with E-state index in [2.05, 4.69) is 34.9 Å². The summed E-state index contributed by atoms with van der Waals surface area (Å²) in [7, 11) is 0. The average molecular weight is 413 g/mol. The number of nitrogens with one attached hydrogen (secondary N) is 2. The van der Waals surface area contributed by atoms with Crippen molar-refractivity contribution < 1.29 is 24.3 Å². The van der Waals surface area contributed by atoms with Gasteiger partial charge < -0.3 is 21.5 Å². The fourth-order valence-corrected chi connectivity index (χ4v) is 3.16. The third-order valence-corrected chi connectivity index (χ3v) is 4.78. The van der Waals surface area contributed by atoms with Crippen LogP contribution in [0.15, 0.2) is 54.1 Å². The van der Waals surface area contributed by atoms with E-state index < -0.39 is 23.8 Å². The molecular weight excluding hydrogens is 386 g/mol. The molecule has 0 radical (unpaired) electrons. The van der Waals surface area contributed by atoms with Crippen LogP contribution < -0.4 is 16.4 Å². The van der Waals surface area contributed by atoms with E-state index in [0.717, 1.165) is 12.0 Å². The zero-order valence-electron chi connectivity index (χ0n) is 16.7. The molecule has 2 rings (SSSR count). The third kappa shape index (κ3) is 7.90. The van der Waals surface area contributed by atoms with Crippen molar-refractivity contribution in [3.05, 3.63) is 59.7 Å². The van der Waals surface area contributed by atoms with E-state index in [1.807, 2.05) is 24.3 Å². The summed E-state index contributed by atoms with van der Waals surface area (Å²) in [6, 6.07) is 9.13. The maximum absolute atomic E-state index is 12.3. The molecule has 0 spiro atoms. The van der Waals surface area contributed by atoms with Gasteiger partial charge in [-0.25, -0.2) is 0 Å². The van der Waals surface area contributed by atoms with Crippen molar-refractivity contribution in [3.63, 3.8) is 0 Å². The lowest BCUT2D eigenvalue weighted by atomic mass is 9.89. The number of carboxylic acid groups (broad SMARTS) is 1. The van der Waals surface area contributed by atoms with Crippen LogP contribution in [0.3, 0.4) is 0 Å². The van der Waals surface area contributed by atoms with Gasteiger partial charge in [0, 0.05) is 18.8 Å². The molecule has 1 aromatic rings. The van der Waals surface area contributed by atoms with Crippen LogP contribution in [0.25, 0.3) is 0 Å². The zero-order valence-corrected chi connectivity index (χ0v) is 16.7. The Bertz CT molecular complexity index is 832. The second kappa shape index (κ2) is 11.5. The molecule has 30 heavy (non-hydrogen) atoms. The van der Waals surface area contributed by atoms with Crippen LogP contribution >= 0.6 is 0 Å². The number of allylic oxidation sites excluding steroid dienone is 4. The van der Waals surface area contributed by atoms with Crippen LogP contribution in [0.2, 0.25) is 0 Å². The van der Waals surface area contributed by atoms with Crippen molar-refractivity contribution in [3.8, 4) is 0 Å². The molecule has 3 amide bonds. The Kier molecular flexibility index (Phi) is 8.80. The minimum Gasteiger partial charge on any atom is -0.481 e. The predicted molar refractivity (Wildman–Crippen MR) is 111 cm³/mol. The Morgan fingerprint density at radius 3 is 2.47 bits per heavy atom. The number of benzene rings is 1. The number of carbonyl (C=O) groups is 4. The lowest BCUT2D eigenvalue weighted by molar-refractivity contribution is -0.138. The maximum Gasteiger partial charge on any atom is 0.303 e. The Morgan fingerprint density at radius 1 is 1.13 bits per heavy atom. The molecule has 0 heterocycles. The molecule has 2 atom stereocenters. The Hall–Kier alpha value is -3.42. The molecule has 0 aromatic heterocycles. The molecule has 160 valence electrons. The molecule has 8 nitrogen and oxygen atoms in total. The molecule has 8 heteroatoms. The van der Waals surface area contributed by atoms with Crippen molar-refractivity contribution >= 4 is 23.7 Å². The Balaban J connectivity index is 1.83. The first kappa shape index (κ1) is 22.9. The smallest absolute Gasteiger partial charge is 0.303 e. The largest absolute Gasteiger partial charge is 0.481 e. The quantitative estimate of drug-likeness (QED) is 0.434. The van der Waals surface area contributed by atoms with Gasteiger partial charge in [-0.1, -0.05) is 54.1 Å². The van der Waals surface area contributed by atoms with E-state index in [-0.39, 0.29) is 31.7 Å². The molecule has 1 aliphatic rings. The molecule has 0 saturated carbocycles. The van der Waals surface area contributed by atoms with Crippen LogP contribution in [0.1, 0.15) is 43.6 Å². The number of aliphatic carboxylic acids is 1. The SMILES string of the molecule is NC(=O)CNC(=O)C(CCC(=O)O)NC(=O)CCC1=CCC(c2ccccc2)C=C1. The van der Waals surface area contributed by atoms with Gasteiger partial charge in [-0.05, 0) is 24.8 Å². The fourth-order valence-electron chi connectivity index (χ4n) is 3.16.